The third kappa shape index (κ3) is 5.16. The number of nitro benzene ring substituents is 1. The molecule has 7 nitrogen and oxygen atoms in total. The van der Waals surface area contributed by atoms with Crippen molar-refractivity contribution in [1.82, 2.24) is 5.32 Å². The Bertz CT molecular complexity index is 857. The highest BCUT2D eigenvalue weighted by atomic mass is 19.1. The van der Waals surface area contributed by atoms with E-state index >= 15 is 0 Å². The van der Waals surface area contributed by atoms with Crippen LogP contribution in [0.5, 0.6) is 11.5 Å². The minimum Gasteiger partial charge on any atom is -0.465 e. The summed E-state index contributed by atoms with van der Waals surface area (Å²) >= 11 is 0. The standard InChI is InChI=1S/C19H21FN2O5/c1-11-7-12(20)9-14(8-11)27-13-5-6-16(22(25)26)15(10-13)17(19(2,3)4)21-18(23)24/h5-10,17,21H,1-4H3,(H,23,24). The molecule has 0 aliphatic rings. The fourth-order valence-electron chi connectivity index (χ4n) is 2.78. The summed E-state index contributed by atoms with van der Waals surface area (Å²) in [5.41, 5.74) is -0.0452. The third-order valence-corrected chi connectivity index (χ3v) is 3.89. The Kier molecular flexibility index (Phi) is 5.68. The summed E-state index contributed by atoms with van der Waals surface area (Å²) < 4.78 is 19.2. The van der Waals surface area contributed by atoms with Gasteiger partial charge in [0.05, 0.1) is 16.5 Å². The molecule has 2 aromatic carbocycles. The second-order valence-corrected chi connectivity index (χ2v) is 7.29. The number of hydrogen-bond acceptors (Lipinski definition) is 4. The van der Waals surface area contributed by atoms with Crippen molar-refractivity contribution in [2.24, 2.45) is 5.41 Å². The molecular formula is C19H21FN2O5. The molecule has 0 spiro atoms. The van der Waals surface area contributed by atoms with Crippen LogP contribution in [0.1, 0.15) is 37.9 Å². The lowest BCUT2D eigenvalue weighted by atomic mass is 9.81. The predicted octanol–water partition coefficient (Wildman–Crippen LogP) is 5.19. The fourth-order valence-corrected chi connectivity index (χ4v) is 2.78. The Morgan fingerprint density at radius 3 is 2.41 bits per heavy atom. The van der Waals surface area contributed by atoms with Gasteiger partial charge in [-0.1, -0.05) is 20.8 Å². The quantitative estimate of drug-likeness (QED) is 0.552. The zero-order valence-corrected chi connectivity index (χ0v) is 15.4. The zero-order chi connectivity index (χ0) is 20.4. The van der Waals surface area contributed by atoms with Gasteiger partial charge in [0.1, 0.15) is 17.3 Å². The minimum absolute atomic E-state index is 0.167. The number of aryl methyl sites for hydroxylation is 1. The van der Waals surface area contributed by atoms with Crippen LogP contribution in [0, 0.1) is 28.3 Å². The lowest BCUT2D eigenvalue weighted by Gasteiger charge is -2.30. The van der Waals surface area contributed by atoms with Gasteiger partial charge in [-0.25, -0.2) is 9.18 Å². The number of halogens is 1. The highest BCUT2D eigenvalue weighted by Crippen LogP contribution is 2.39. The first-order valence-electron chi connectivity index (χ1n) is 8.20. The van der Waals surface area contributed by atoms with Crippen LogP contribution >= 0.6 is 0 Å². The Morgan fingerprint density at radius 1 is 1.22 bits per heavy atom. The number of hydrogen-bond donors (Lipinski definition) is 2. The van der Waals surface area contributed by atoms with Crippen molar-refractivity contribution in [1.29, 1.82) is 0 Å². The molecule has 0 saturated heterocycles. The molecular weight excluding hydrogens is 355 g/mol. The van der Waals surface area contributed by atoms with Crippen molar-refractivity contribution in [2.75, 3.05) is 0 Å². The highest BCUT2D eigenvalue weighted by Gasteiger charge is 2.33. The van der Waals surface area contributed by atoms with Gasteiger partial charge < -0.3 is 15.2 Å². The van der Waals surface area contributed by atoms with Gasteiger partial charge in [-0.05, 0) is 42.2 Å². The summed E-state index contributed by atoms with van der Waals surface area (Å²) in [4.78, 5) is 22.1. The molecule has 0 fully saturated rings. The molecule has 0 aromatic heterocycles. The van der Waals surface area contributed by atoms with E-state index in [9.17, 15) is 19.3 Å². The molecule has 144 valence electrons. The second-order valence-electron chi connectivity index (χ2n) is 7.29. The Labute approximate surface area is 155 Å². The van der Waals surface area contributed by atoms with Crippen molar-refractivity contribution in [2.45, 2.75) is 33.7 Å². The first-order chi connectivity index (χ1) is 12.5. The number of benzene rings is 2. The molecule has 1 atom stereocenters. The second kappa shape index (κ2) is 7.61. The van der Waals surface area contributed by atoms with E-state index in [2.05, 4.69) is 5.32 Å². The van der Waals surface area contributed by atoms with Crippen LogP contribution in [0.4, 0.5) is 14.9 Å². The number of nitro groups is 1. The SMILES string of the molecule is Cc1cc(F)cc(Oc2ccc([N+](=O)[O-])c(C(NC(=O)O)C(C)(C)C)c2)c1. The molecule has 0 aliphatic carbocycles. The first kappa shape index (κ1) is 20.2. The summed E-state index contributed by atoms with van der Waals surface area (Å²) in [6.45, 7) is 7.01. The molecule has 0 heterocycles. The molecule has 2 rings (SSSR count). The van der Waals surface area contributed by atoms with Crippen molar-refractivity contribution < 1.29 is 24.0 Å². The molecule has 0 bridgehead atoms. The Morgan fingerprint density at radius 2 is 1.89 bits per heavy atom. The van der Waals surface area contributed by atoms with Crippen LogP contribution in [0.15, 0.2) is 36.4 Å². The van der Waals surface area contributed by atoms with E-state index in [1.54, 1.807) is 33.8 Å². The van der Waals surface area contributed by atoms with Gasteiger partial charge in [-0.15, -0.1) is 0 Å². The predicted molar refractivity (Wildman–Crippen MR) is 97.7 cm³/mol. The number of rotatable bonds is 5. The van der Waals surface area contributed by atoms with E-state index in [1.807, 2.05) is 0 Å². The monoisotopic (exact) mass is 376 g/mol. The van der Waals surface area contributed by atoms with Gasteiger partial charge in [0.2, 0.25) is 0 Å². The maximum Gasteiger partial charge on any atom is 0.405 e. The van der Waals surface area contributed by atoms with Gasteiger partial charge in [0.15, 0.2) is 0 Å². The van der Waals surface area contributed by atoms with E-state index in [1.165, 1.54) is 30.3 Å². The molecule has 0 saturated carbocycles. The lowest BCUT2D eigenvalue weighted by molar-refractivity contribution is -0.386. The van der Waals surface area contributed by atoms with Crippen LogP contribution in [-0.4, -0.2) is 16.1 Å². The summed E-state index contributed by atoms with van der Waals surface area (Å²) in [6, 6.07) is 7.37. The van der Waals surface area contributed by atoms with Crippen molar-refractivity contribution in [3.05, 3.63) is 63.5 Å². The molecule has 0 radical (unpaired) electrons. The first-order valence-corrected chi connectivity index (χ1v) is 8.20. The number of amides is 1. The smallest absolute Gasteiger partial charge is 0.405 e. The maximum absolute atomic E-state index is 13.6. The molecule has 27 heavy (non-hydrogen) atoms. The summed E-state index contributed by atoms with van der Waals surface area (Å²) in [7, 11) is 0. The van der Waals surface area contributed by atoms with E-state index in [0.717, 1.165) is 0 Å². The van der Waals surface area contributed by atoms with Gasteiger partial charge in [-0.3, -0.25) is 10.1 Å². The van der Waals surface area contributed by atoms with E-state index < -0.39 is 28.3 Å². The van der Waals surface area contributed by atoms with E-state index in [-0.39, 0.29) is 22.7 Å². The summed E-state index contributed by atoms with van der Waals surface area (Å²) in [6.07, 6.45) is -1.30. The Balaban J connectivity index is 2.52. The molecule has 1 amide bonds. The van der Waals surface area contributed by atoms with Crippen molar-refractivity contribution in [3.63, 3.8) is 0 Å². The summed E-state index contributed by atoms with van der Waals surface area (Å²) in [5.74, 6) is 0.0140. The normalized spacial score (nSPS) is 12.3. The topological polar surface area (TPSA) is 102 Å². The van der Waals surface area contributed by atoms with E-state index in [0.29, 0.717) is 5.56 Å². The number of nitrogens with zero attached hydrogens (tertiary/aromatic N) is 1. The van der Waals surface area contributed by atoms with Crippen LogP contribution in [-0.2, 0) is 0 Å². The fraction of sp³-hybridized carbons (Fsp3) is 0.316. The van der Waals surface area contributed by atoms with Gasteiger partial charge in [0.25, 0.3) is 5.69 Å². The van der Waals surface area contributed by atoms with Crippen LogP contribution in [0.3, 0.4) is 0 Å². The number of nitrogens with one attached hydrogen (secondary N) is 1. The van der Waals surface area contributed by atoms with Gasteiger partial charge >= 0.3 is 6.09 Å². The van der Waals surface area contributed by atoms with E-state index in [4.69, 9.17) is 9.84 Å². The van der Waals surface area contributed by atoms with Crippen molar-refractivity contribution >= 4 is 11.8 Å². The molecule has 8 heteroatoms. The average Bonchev–Trinajstić information content (AvgIpc) is 2.50. The van der Waals surface area contributed by atoms with Gasteiger partial charge in [0, 0.05) is 12.1 Å². The van der Waals surface area contributed by atoms with Crippen LogP contribution in [0.25, 0.3) is 0 Å². The summed E-state index contributed by atoms with van der Waals surface area (Å²) in [5, 5.41) is 22.9. The molecule has 2 aromatic rings. The number of carbonyl (C=O) groups is 1. The van der Waals surface area contributed by atoms with Crippen LogP contribution in [0.2, 0.25) is 0 Å². The van der Waals surface area contributed by atoms with Crippen molar-refractivity contribution in [3.8, 4) is 11.5 Å². The molecule has 1 unspecified atom stereocenters. The highest BCUT2D eigenvalue weighted by molar-refractivity contribution is 5.66. The minimum atomic E-state index is -1.30. The Hall–Kier alpha value is -3.16. The number of carboxylic acid groups (broad SMARTS) is 1. The lowest BCUT2D eigenvalue weighted by Crippen LogP contribution is -2.36. The van der Waals surface area contributed by atoms with Crippen LogP contribution < -0.4 is 10.1 Å². The molecule has 2 N–H and O–H groups in total. The third-order valence-electron chi connectivity index (χ3n) is 3.89. The number of ether oxygens (including phenoxy) is 1. The zero-order valence-electron chi connectivity index (χ0n) is 15.4. The largest absolute Gasteiger partial charge is 0.465 e. The average molecular weight is 376 g/mol. The maximum atomic E-state index is 13.6. The molecule has 0 aliphatic heterocycles. The van der Waals surface area contributed by atoms with Gasteiger partial charge in [-0.2, -0.15) is 0 Å².